The molecule has 0 spiro atoms. The van der Waals surface area contributed by atoms with Crippen LogP contribution in [0, 0.1) is 17.8 Å². The molecule has 0 radical (unpaired) electrons. The van der Waals surface area contributed by atoms with Crippen molar-refractivity contribution in [2.45, 2.75) is 44.1 Å². The fraction of sp³-hybridized carbons (Fsp3) is 0.579. The number of tetrazole rings is 1. The monoisotopic (exact) mass is 368 g/mol. The van der Waals surface area contributed by atoms with Crippen molar-refractivity contribution in [2.24, 2.45) is 23.5 Å². The molecule has 1 aromatic heterocycles. The molecule has 4 atom stereocenters. The van der Waals surface area contributed by atoms with Crippen LogP contribution in [0.15, 0.2) is 18.2 Å². The minimum Gasteiger partial charge on any atom is -0.494 e. The van der Waals surface area contributed by atoms with Gasteiger partial charge in [-0.05, 0) is 72.6 Å². The highest BCUT2D eigenvalue weighted by molar-refractivity contribution is 5.94. The van der Waals surface area contributed by atoms with Gasteiger partial charge in [-0.15, -0.1) is 5.10 Å². The number of hydrogen-bond donors (Lipinski definition) is 2. The van der Waals surface area contributed by atoms with Crippen LogP contribution >= 0.6 is 0 Å². The molecule has 27 heavy (non-hydrogen) atoms. The van der Waals surface area contributed by atoms with Crippen LogP contribution in [0.5, 0.6) is 5.75 Å². The van der Waals surface area contributed by atoms with Crippen molar-refractivity contribution in [1.29, 1.82) is 0 Å². The third kappa shape index (κ3) is 2.79. The second-order valence-electron chi connectivity index (χ2n) is 8.04. The number of aromatic nitrogens is 4. The van der Waals surface area contributed by atoms with Gasteiger partial charge in [-0.3, -0.25) is 4.79 Å². The van der Waals surface area contributed by atoms with E-state index in [1.807, 2.05) is 18.2 Å². The Morgan fingerprint density at radius 1 is 1.26 bits per heavy atom. The highest BCUT2D eigenvalue weighted by Crippen LogP contribution is 2.48. The number of nitrogens with two attached hydrogens (primary N) is 1. The highest BCUT2D eigenvalue weighted by Gasteiger charge is 2.49. The normalized spacial score (nSPS) is 29.1. The maximum Gasteiger partial charge on any atom is 0.229 e. The van der Waals surface area contributed by atoms with E-state index in [9.17, 15) is 4.79 Å². The Labute approximate surface area is 157 Å². The number of amides is 1. The molecule has 3 saturated carbocycles. The molecule has 142 valence electrons. The van der Waals surface area contributed by atoms with Crippen molar-refractivity contribution in [3.8, 4) is 11.4 Å². The quantitative estimate of drug-likeness (QED) is 0.834. The van der Waals surface area contributed by atoms with Gasteiger partial charge in [0.2, 0.25) is 5.91 Å². The Hall–Kier alpha value is -2.48. The zero-order chi connectivity index (χ0) is 18.5. The lowest BCUT2D eigenvalue weighted by atomic mass is 9.84. The third-order valence-electron chi connectivity index (χ3n) is 6.39. The largest absolute Gasteiger partial charge is 0.494 e. The number of carbonyl (C=O) groups is 1. The molecular weight excluding hydrogens is 344 g/mol. The summed E-state index contributed by atoms with van der Waals surface area (Å²) in [4.78, 5) is 12.9. The average molecular weight is 368 g/mol. The van der Waals surface area contributed by atoms with Crippen LogP contribution in [0.2, 0.25) is 0 Å². The minimum atomic E-state index is -0.0932. The molecule has 3 aliphatic rings. The molecule has 8 nitrogen and oxygen atoms in total. The van der Waals surface area contributed by atoms with E-state index in [0.717, 1.165) is 43.6 Å². The number of nitrogens with zero attached hydrogens (tertiary/aromatic N) is 4. The maximum absolute atomic E-state index is 12.9. The van der Waals surface area contributed by atoms with Gasteiger partial charge in [-0.1, -0.05) is 0 Å². The van der Waals surface area contributed by atoms with E-state index in [-0.39, 0.29) is 17.9 Å². The van der Waals surface area contributed by atoms with Gasteiger partial charge in [0.15, 0.2) is 5.82 Å². The smallest absolute Gasteiger partial charge is 0.229 e. The maximum atomic E-state index is 12.9. The summed E-state index contributed by atoms with van der Waals surface area (Å²) < 4.78 is 7.21. The van der Waals surface area contributed by atoms with E-state index < -0.39 is 0 Å². The van der Waals surface area contributed by atoms with Crippen molar-refractivity contribution >= 4 is 11.6 Å². The van der Waals surface area contributed by atoms with E-state index in [0.29, 0.717) is 29.2 Å². The average Bonchev–Trinajstić information content (AvgIpc) is 3.09. The summed E-state index contributed by atoms with van der Waals surface area (Å²) in [6.45, 7) is 0. The number of benzene rings is 1. The molecule has 2 aromatic rings. The first-order valence-electron chi connectivity index (χ1n) is 9.69. The van der Waals surface area contributed by atoms with Crippen LogP contribution in [-0.4, -0.2) is 39.3 Å². The molecule has 2 bridgehead atoms. The van der Waals surface area contributed by atoms with Gasteiger partial charge in [0, 0.05) is 17.6 Å². The fourth-order valence-electron chi connectivity index (χ4n) is 4.85. The van der Waals surface area contributed by atoms with Crippen molar-refractivity contribution in [3.05, 3.63) is 24.0 Å². The molecule has 0 saturated heterocycles. The standard InChI is InChI=1S/C19H24N6O2/c1-27-15-7-6-13(9-14(15)25-18(10-2-3-10)22-23-24-25)21-19(26)16-11-4-5-12(8-11)17(16)20/h6-7,9-12,16-17H,2-5,8,20H2,1H3,(H,21,26). The number of hydrogen-bond acceptors (Lipinski definition) is 6. The Kier molecular flexibility index (Phi) is 3.89. The molecule has 1 heterocycles. The molecule has 0 aliphatic heterocycles. The summed E-state index contributed by atoms with van der Waals surface area (Å²) in [5, 5.41) is 15.2. The molecule has 1 amide bonds. The van der Waals surface area contributed by atoms with E-state index in [1.54, 1.807) is 11.8 Å². The van der Waals surface area contributed by atoms with Crippen molar-refractivity contribution < 1.29 is 9.53 Å². The Morgan fingerprint density at radius 2 is 2.07 bits per heavy atom. The fourth-order valence-corrected chi connectivity index (χ4v) is 4.85. The summed E-state index contributed by atoms with van der Waals surface area (Å²) >= 11 is 0. The molecule has 3 N–H and O–H groups in total. The number of methoxy groups -OCH3 is 1. The lowest BCUT2D eigenvalue weighted by Crippen LogP contribution is -2.42. The van der Waals surface area contributed by atoms with Crippen LogP contribution in [0.4, 0.5) is 5.69 Å². The van der Waals surface area contributed by atoms with Gasteiger partial charge in [0.05, 0.1) is 13.0 Å². The molecule has 4 unspecified atom stereocenters. The zero-order valence-corrected chi connectivity index (χ0v) is 15.3. The van der Waals surface area contributed by atoms with Gasteiger partial charge in [-0.25, -0.2) is 0 Å². The first-order valence-corrected chi connectivity index (χ1v) is 9.69. The van der Waals surface area contributed by atoms with Gasteiger partial charge in [-0.2, -0.15) is 4.68 Å². The zero-order valence-electron chi connectivity index (χ0n) is 15.3. The number of anilines is 1. The van der Waals surface area contributed by atoms with Gasteiger partial charge < -0.3 is 15.8 Å². The van der Waals surface area contributed by atoms with Crippen LogP contribution in [0.1, 0.15) is 43.8 Å². The molecule has 5 rings (SSSR count). The van der Waals surface area contributed by atoms with E-state index in [4.69, 9.17) is 10.5 Å². The van der Waals surface area contributed by atoms with Crippen molar-refractivity contribution in [3.63, 3.8) is 0 Å². The van der Waals surface area contributed by atoms with Gasteiger partial charge >= 0.3 is 0 Å². The Balaban J connectivity index is 1.42. The lowest BCUT2D eigenvalue weighted by Gasteiger charge is -2.27. The van der Waals surface area contributed by atoms with Crippen LogP contribution in [0.25, 0.3) is 5.69 Å². The summed E-state index contributed by atoms with van der Waals surface area (Å²) in [5.41, 5.74) is 7.77. The number of rotatable bonds is 5. The predicted molar refractivity (Wildman–Crippen MR) is 98.6 cm³/mol. The molecule has 3 aliphatic carbocycles. The highest BCUT2D eigenvalue weighted by atomic mass is 16.5. The number of carbonyl (C=O) groups excluding carboxylic acids is 1. The topological polar surface area (TPSA) is 108 Å². The molecule has 1 aromatic carbocycles. The molecule has 3 fully saturated rings. The first-order chi connectivity index (χ1) is 13.2. The molecular formula is C19H24N6O2. The third-order valence-corrected chi connectivity index (χ3v) is 6.39. The summed E-state index contributed by atoms with van der Waals surface area (Å²) in [5.74, 6) is 2.75. The van der Waals surface area contributed by atoms with Crippen LogP contribution in [-0.2, 0) is 4.79 Å². The van der Waals surface area contributed by atoms with E-state index in [2.05, 4.69) is 20.8 Å². The second-order valence-corrected chi connectivity index (χ2v) is 8.04. The van der Waals surface area contributed by atoms with Crippen LogP contribution < -0.4 is 15.8 Å². The Bertz CT molecular complexity index is 875. The number of nitrogens with one attached hydrogen (secondary N) is 1. The minimum absolute atomic E-state index is 0.0185. The summed E-state index contributed by atoms with van der Waals surface area (Å²) in [6, 6.07) is 5.53. The Morgan fingerprint density at radius 3 is 2.78 bits per heavy atom. The first kappa shape index (κ1) is 16.7. The SMILES string of the molecule is COc1ccc(NC(=O)C2C3CCC(C3)C2N)cc1-n1nnnc1C1CC1. The predicted octanol–water partition coefficient (Wildman–Crippen LogP) is 1.86. The van der Waals surface area contributed by atoms with E-state index >= 15 is 0 Å². The number of fused-ring (bicyclic) bond motifs is 2. The lowest BCUT2D eigenvalue weighted by molar-refractivity contribution is -0.121. The van der Waals surface area contributed by atoms with Gasteiger partial charge in [0.25, 0.3) is 0 Å². The summed E-state index contributed by atoms with van der Waals surface area (Å²) in [6.07, 6.45) is 5.55. The van der Waals surface area contributed by atoms with Gasteiger partial charge in [0.1, 0.15) is 11.4 Å². The molecule has 8 heteroatoms. The van der Waals surface area contributed by atoms with Crippen LogP contribution in [0.3, 0.4) is 0 Å². The second kappa shape index (κ2) is 6.30. The van der Waals surface area contributed by atoms with Crippen molar-refractivity contribution in [2.75, 3.05) is 12.4 Å². The number of ether oxygens (including phenoxy) is 1. The van der Waals surface area contributed by atoms with E-state index in [1.165, 1.54) is 0 Å². The van der Waals surface area contributed by atoms with Crippen molar-refractivity contribution in [1.82, 2.24) is 20.2 Å². The summed E-state index contributed by atoms with van der Waals surface area (Å²) in [7, 11) is 1.62.